The minimum absolute atomic E-state index is 0.188. The Balaban J connectivity index is 1.43. The number of likely N-dealkylation sites (tertiary alicyclic amines) is 1. The van der Waals surface area contributed by atoms with Crippen molar-refractivity contribution >= 4 is 27.6 Å². The number of rotatable bonds is 6. The number of carbonyl (C=O) groups excluding carboxylic acids is 1. The second kappa shape index (κ2) is 9.13. The van der Waals surface area contributed by atoms with E-state index in [0.29, 0.717) is 61.5 Å². The van der Waals surface area contributed by atoms with Gasteiger partial charge in [-0.25, -0.2) is 8.42 Å². The average Bonchev–Trinajstić information content (AvgIpc) is 3.41. The van der Waals surface area contributed by atoms with Crippen molar-refractivity contribution in [3.8, 4) is 11.5 Å². The van der Waals surface area contributed by atoms with Gasteiger partial charge in [-0.05, 0) is 42.9 Å². The normalized spacial score (nSPS) is 19.4. The summed E-state index contributed by atoms with van der Waals surface area (Å²) >= 11 is 0. The monoisotopic (exact) mass is 526 g/mol. The third-order valence-electron chi connectivity index (χ3n) is 7.18. The van der Waals surface area contributed by atoms with Crippen molar-refractivity contribution in [2.24, 2.45) is 10.9 Å². The summed E-state index contributed by atoms with van der Waals surface area (Å²) < 4.78 is 39.0. The summed E-state index contributed by atoms with van der Waals surface area (Å²) in [5.74, 6) is -0.647. The molecule has 9 heteroatoms. The van der Waals surface area contributed by atoms with Crippen molar-refractivity contribution in [2.75, 3.05) is 13.1 Å². The zero-order valence-electron chi connectivity index (χ0n) is 21.8. The lowest BCUT2D eigenvalue weighted by atomic mass is 9.84. The summed E-state index contributed by atoms with van der Waals surface area (Å²) in [4.78, 5) is 19.7. The lowest BCUT2D eigenvalue weighted by molar-refractivity contribution is -0.0439. The van der Waals surface area contributed by atoms with Gasteiger partial charge < -0.3 is 19.5 Å². The van der Waals surface area contributed by atoms with Gasteiger partial charge in [0.15, 0.2) is 21.3 Å². The fourth-order valence-corrected chi connectivity index (χ4v) is 7.08. The number of para-hydroxylation sites is 1. The number of aliphatic imine (C=N–C) groups is 1. The van der Waals surface area contributed by atoms with E-state index in [2.05, 4.69) is 18.8 Å². The van der Waals surface area contributed by atoms with E-state index < -0.39 is 21.2 Å². The molecular weight excluding hydrogens is 492 g/mol. The zero-order valence-corrected chi connectivity index (χ0v) is 22.6. The maximum Gasteiger partial charge on any atom is 0.257 e. The average molecular weight is 527 g/mol. The quantitative estimate of drug-likeness (QED) is 0.597. The van der Waals surface area contributed by atoms with Crippen LogP contribution in [0.2, 0.25) is 0 Å². The molecule has 2 aromatic carbocycles. The SMILES string of the molecule is CC(C)CC1(O)CCN(C(=O)c2ccc(CS(=O)(=O)c3cccc4c3N=CC4)c3c2OC(C)(C)O3)CC1. The van der Waals surface area contributed by atoms with Crippen LogP contribution in [0.3, 0.4) is 0 Å². The minimum atomic E-state index is -3.75. The van der Waals surface area contributed by atoms with E-state index in [9.17, 15) is 18.3 Å². The van der Waals surface area contributed by atoms with E-state index in [1.807, 2.05) is 6.07 Å². The van der Waals surface area contributed by atoms with Crippen LogP contribution in [0.15, 0.2) is 40.2 Å². The lowest BCUT2D eigenvalue weighted by Crippen LogP contribution is -2.47. The van der Waals surface area contributed by atoms with Crippen LogP contribution in [0.4, 0.5) is 5.69 Å². The first-order valence-electron chi connectivity index (χ1n) is 12.8. The number of benzene rings is 2. The largest absolute Gasteiger partial charge is 0.449 e. The summed E-state index contributed by atoms with van der Waals surface area (Å²) in [5, 5.41) is 10.9. The molecule has 3 aliphatic heterocycles. The fourth-order valence-electron chi connectivity index (χ4n) is 5.52. The molecule has 198 valence electrons. The van der Waals surface area contributed by atoms with E-state index >= 15 is 0 Å². The van der Waals surface area contributed by atoms with Crippen molar-refractivity contribution < 1.29 is 27.8 Å². The van der Waals surface area contributed by atoms with Crippen LogP contribution in [0, 0.1) is 5.92 Å². The van der Waals surface area contributed by atoms with Gasteiger partial charge in [-0.3, -0.25) is 9.79 Å². The number of hydrogen-bond acceptors (Lipinski definition) is 7. The summed E-state index contributed by atoms with van der Waals surface area (Å²) in [6.07, 6.45) is 4.06. The molecule has 0 unspecified atom stereocenters. The second-order valence-electron chi connectivity index (χ2n) is 11.2. The van der Waals surface area contributed by atoms with Gasteiger partial charge in [-0.15, -0.1) is 0 Å². The van der Waals surface area contributed by atoms with Gasteiger partial charge in [-0.1, -0.05) is 32.0 Å². The third-order valence-corrected chi connectivity index (χ3v) is 8.87. The summed E-state index contributed by atoms with van der Waals surface area (Å²) in [6, 6.07) is 8.45. The Bertz CT molecular complexity index is 1370. The number of fused-ring (bicyclic) bond motifs is 2. The van der Waals surface area contributed by atoms with Crippen molar-refractivity contribution in [3.63, 3.8) is 0 Å². The number of nitrogens with zero attached hydrogens (tertiary/aromatic N) is 2. The van der Waals surface area contributed by atoms with Crippen LogP contribution in [0.5, 0.6) is 11.5 Å². The highest BCUT2D eigenvalue weighted by atomic mass is 32.2. The smallest absolute Gasteiger partial charge is 0.257 e. The minimum Gasteiger partial charge on any atom is -0.449 e. The molecule has 3 aliphatic rings. The first kappa shape index (κ1) is 25.7. The lowest BCUT2D eigenvalue weighted by Gasteiger charge is -2.39. The zero-order chi connectivity index (χ0) is 26.6. The van der Waals surface area contributed by atoms with Crippen LogP contribution in [-0.2, 0) is 22.0 Å². The summed E-state index contributed by atoms with van der Waals surface area (Å²) in [6.45, 7) is 8.50. The predicted octanol–water partition coefficient (Wildman–Crippen LogP) is 4.44. The molecule has 1 N–H and O–H groups in total. The Morgan fingerprint density at radius 1 is 1.11 bits per heavy atom. The molecule has 3 heterocycles. The number of hydrogen-bond donors (Lipinski definition) is 1. The van der Waals surface area contributed by atoms with Gasteiger partial charge >= 0.3 is 0 Å². The number of aliphatic hydroxyl groups is 1. The van der Waals surface area contributed by atoms with E-state index in [-0.39, 0.29) is 28.1 Å². The van der Waals surface area contributed by atoms with E-state index in [1.165, 1.54) is 0 Å². The molecule has 2 aromatic rings. The molecular formula is C28H34N2O6S. The molecule has 37 heavy (non-hydrogen) atoms. The number of amides is 1. The number of ether oxygens (including phenoxy) is 2. The Labute approximate surface area is 218 Å². The Hall–Kier alpha value is -2.91. The Morgan fingerprint density at radius 3 is 2.51 bits per heavy atom. The molecule has 0 aromatic heterocycles. The van der Waals surface area contributed by atoms with Crippen LogP contribution in [0.25, 0.3) is 0 Å². The highest BCUT2D eigenvalue weighted by Gasteiger charge is 2.40. The number of piperidine rings is 1. The van der Waals surface area contributed by atoms with Crippen molar-refractivity contribution in [1.82, 2.24) is 4.90 Å². The van der Waals surface area contributed by atoms with Gasteiger partial charge in [0.05, 0.1) is 27.5 Å². The first-order chi connectivity index (χ1) is 17.4. The van der Waals surface area contributed by atoms with Crippen LogP contribution in [0.1, 0.15) is 68.4 Å². The van der Waals surface area contributed by atoms with Crippen molar-refractivity contribution in [1.29, 1.82) is 0 Å². The molecule has 0 saturated carbocycles. The van der Waals surface area contributed by atoms with Crippen molar-refractivity contribution in [2.45, 2.75) is 75.4 Å². The van der Waals surface area contributed by atoms with E-state index in [4.69, 9.17) is 9.47 Å². The maximum absolute atomic E-state index is 13.5. The molecule has 0 atom stereocenters. The number of sulfone groups is 1. The molecule has 0 aliphatic carbocycles. The summed E-state index contributed by atoms with van der Waals surface area (Å²) in [7, 11) is -3.75. The summed E-state index contributed by atoms with van der Waals surface area (Å²) in [5.41, 5.74) is 1.39. The Kier molecular flexibility index (Phi) is 6.35. The van der Waals surface area contributed by atoms with Crippen LogP contribution in [-0.4, -0.2) is 55.0 Å². The molecule has 0 spiro atoms. The topological polar surface area (TPSA) is 106 Å². The van der Waals surface area contributed by atoms with Crippen LogP contribution >= 0.6 is 0 Å². The molecule has 0 radical (unpaired) electrons. The first-order valence-corrected chi connectivity index (χ1v) is 14.5. The van der Waals surface area contributed by atoms with Gasteiger partial charge in [0.1, 0.15) is 0 Å². The maximum atomic E-state index is 13.5. The molecule has 1 fully saturated rings. The van der Waals surface area contributed by atoms with Gasteiger partial charge in [-0.2, -0.15) is 0 Å². The van der Waals surface area contributed by atoms with Crippen molar-refractivity contribution in [3.05, 3.63) is 47.0 Å². The fraction of sp³-hybridized carbons (Fsp3) is 0.500. The van der Waals surface area contributed by atoms with E-state index in [1.54, 1.807) is 49.2 Å². The molecule has 5 rings (SSSR count). The predicted molar refractivity (Wildman–Crippen MR) is 141 cm³/mol. The Morgan fingerprint density at radius 2 is 1.81 bits per heavy atom. The van der Waals surface area contributed by atoms with E-state index in [0.717, 1.165) is 5.56 Å². The van der Waals surface area contributed by atoms with Crippen LogP contribution < -0.4 is 9.47 Å². The highest BCUT2D eigenvalue weighted by Crippen LogP contribution is 2.46. The second-order valence-corrected chi connectivity index (χ2v) is 13.1. The van der Waals surface area contributed by atoms with Gasteiger partial charge in [0, 0.05) is 45.1 Å². The number of carbonyl (C=O) groups is 1. The molecule has 0 bridgehead atoms. The van der Waals surface area contributed by atoms with Gasteiger partial charge in [0.2, 0.25) is 5.79 Å². The van der Waals surface area contributed by atoms with Gasteiger partial charge in [0.25, 0.3) is 5.91 Å². The molecule has 1 amide bonds. The third kappa shape index (κ3) is 4.99. The highest BCUT2D eigenvalue weighted by molar-refractivity contribution is 7.90. The molecule has 8 nitrogen and oxygen atoms in total. The standard InChI is InChI=1S/C28H34N2O6S/c1-18(2)16-28(32)11-14-30(15-12-28)26(31)21-9-8-20(24-25(21)36-27(3,4)35-24)17-37(33,34)22-7-5-6-19-10-13-29-23(19)22/h5-9,13,18,32H,10-12,14-17H2,1-4H3. The molecule has 1 saturated heterocycles.